The SMILES string of the molecule is Fc1ccccc1-c1c2ccccc2c(-c2ccccc2F)c2cc(N(c3ccccc3)c3ccc(-n4c5ccccc5c5ccccc54)cc3)ccc12. The third-order valence-electron chi connectivity index (χ3n) is 10.5. The molecule has 0 bridgehead atoms. The molecule has 0 aliphatic heterocycles. The molecular weight excluding hydrogens is 667 g/mol. The first kappa shape index (κ1) is 31.7. The number of aromatic nitrogens is 1. The summed E-state index contributed by atoms with van der Waals surface area (Å²) in [5.41, 5.74) is 8.76. The molecule has 54 heavy (non-hydrogen) atoms. The van der Waals surface area contributed by atoms with E-state index in [1.54, 1.807) is 12.1 Å². The van der Waals surface area contributed by atoms with Crippen LogP contribution in [0.3, 0.4) is 0 Å². The van der Waals surface area contributed by atoms with E-state index >= 15 is 8.78 Å². The van der Waals surface area contributed by atoms with Crippen molar-refractivity contribution in [3.8, 4) is 27.9 Å². The lowest BCUT2D eigenvalue weighted by Gasteiger charge is -2.27. The molecule has 4 heteroatoms. The Morgan fingerprint density at radius 1 is 0.333 bits per heavy atom. The Morgan fingerprint density at radius 2 is 0.759 bits per heavy atom. The van der Waals surface area contributed by atoms with Gasteiger partial charge in [0.05, 0.1) is 11.0 Å². The van der Waals surface area contributed by atoms with Crippen LogP contribution in [0, 0.1) is 11.6 Å². The second kappa shape index (κ2) is 12.9. The molecule has 0 fully saturated rings. The van der Waals surface area contributed by atoms with Crippen LogP contribution in [0.15, 0.2) is 194 Å². The highest BCUT2D eigenvalue weighted by atomic mass is 19.1. The quantitative estimate of drug-likeness (QED) is 0.157. The van der Waals surface area contributed by atoms with E-state index in [1.807, 2.05) is 66.7 Å². The number of anilines is 3. The number of benzene rings is 9. The summed E-state index contributed by atoms with van der Waals surface area (Å²) < 4.78 is 33.9. The van der Waals surface area contributed by atoms with Gasteiger partial charge in [-0.2, -0.15) is 0 Å². The molecule has 2 nitrogen and oxygen atoms in total. The van der Waals surface area contributed by atoms with Crippen LogP contribution in [0.5, 0.6) is 0 Å². The average Bonchev–Trinajstić information content (AvgIpc) is 3.56. The van der Waals surface area contributed by atoms with E-state index in [0.29, 0.717) is 11.1 Å². The van der Waals surface area contributed by atoms with E-state index in [9.17, 15) is 0 Å². The van der Waals surface area contributed by atoms with Gasteiger partial charge in [-0.15, -0.1) is 0 Å². The Morgan fingerprint density at radius 3 is 1.33 bits per heavy atom. The standard InChI is InChI=1S/C50H32F2N2/c51-45-22-10-6-20-42(45)49-39-18-4-5-19-40(39)50(43-21-7-11-23-46(43)52)44-32-36(30-31-41(44)49)53(33-14-2-1-3-15-33)34-26-28-35(29-27-34)54-47-24-12-8-16-37(47)38-17-9-13-25-48(38)54/h1-32H. The first-order chi connectivity index (χ1) is 26.7. The van der Waals surface area contributed by atoms with Crippen LogP contribution in [0.2, 0.25) is 0 Å². The van der Waals surface area contributed by atoms with Gasteiger partial charge in [-0.3, -0.25) is 0 Å². The highest BCUT2D eigenvalue weighted by molar-refractivity contribution is 6.22. The van der Waals surface area contributed by atoms with Crippen LogP contribution in [0.1, 0.15) is 0 Å². The lowest BCUT2D eigenvalue weighted by atomic mass is 9.85. The number of hydrogen-bond donors (Lipinski definition) is 0. The van der Waals surface area contributed by atoms with Crippen LogP contribution >= 0.6 is 0 Å². The van der Waals surface area contributed by atoms with Crippen LogP contribution in [-0.2, 0) is 0 Å². The Labute approximate surface area is 311 Å². The average molecular weight is 699 g/mol. The van der Waals surface area contributed by atoms with Gasteiger partial charge in [-0.05, 0) is 94.3 Å². The molecule has 0 saturated carbocycles. The van der Waals surface area contributed by atoms with Crippen LogP contribution in [0.25, 0.3) is 71.3 Å². The molecule has 0 atom stereocenters. The minimum absolute atomic E-state index is 0.305. The number of hydrogen-bond acceptors (Lipinski definition) is 1. The topological polar surface area (TPSA) is 8.17 Å². The molecule has 0 amide bonds. The summed E-state index contributed by atoms with van der Waals surface area (Å²) >= 11 is 0. The molecular formula is C50H32F2N2. The number of para-hydroxylation sites is 3. The Kier molecular flexibility index (Phi) is 7.55. The fourth-order valence-corrected chi connectivity index (χ4v) is 8.19. The first-order valence-electron chi connectivity index (χ1n) is 18.1. The molecule has 0 spiro atoms. The number of fused-ring (bicyclic) bond motifs is 5. The maximum Gasteiger partial charge on any atom is 0.131 e. The zero-order chi connectivity index (χ0) is 36.2. The molecule has 0 unspecified atom stereocenters. The lowest BCUT2D eigenvalue weighted by Crippen LogP contribution is -2.10. The molecule has 0 aliphatic carbocycles. The summed E-state index contributed by atoms with van der Waals surface area (Å²) in [5.74, 6) is -0.616. The molecule has 10 aromatic rings. The number of nitrogens with zero attached hydrogens (tertiary/aromatic N) is 2. The molecule has 9 aromatic carbocycles. The van der Waals surface area contributed by atoms with Crippen molar-refractivity contribution in [1.29, 1.82) is 0 Å². The Balaban J connectivity index is 1.22. The lowest BCUT2D eigenvalue weighted by molar-refractivity contribution is 0.631. The Bertz CT molecular complexity index is 2970. The van der Waals surface area contributed by atoms with Crippen LogP contribution in [-0.4, -0.2) is 4.57 Å². The molecule has 0 radical (unpaired) electrons. The highest BCUT2D eigenvalue weighted by Gasteiger charge is 2.22. The molecule has 0 N–H and O–H groups in total. The van der Waals surface area contributed by atoms with Gasteiger partial charge in [-0.25, -0.2) is 8.78 Å². The summed E-state index contributed by atoms with van der Waals surface area (Å²) in [7, 11) is 0. The fourth-order valence-electron chi connectivity index (χ4n) is 8.19. The zero-order valence-electron chi connectivity index (χ0n) is 29.1. The van der Waals surface area contributed by atoms with Crippen LogP contribution < -0.4 is 4.90 Å². The van der Waals surface area contributed by atoms with Gasteiger partial charge in [-0.1, -0.05) is 121 Å². The summed E-state index contributed by atoms with van der Waals surface area (Å²) in [6, 6.07) is 63.9. The van der Waals surface area contributed by atoms with Crippen molar-refractivity contribution in [2.75, 3.05) is 4.90 Å². The maximum atomic E-state index is 15.9. The van der Waals surface area contributed by atoms with Crippen molar-refractivity contribution < 1.29 is 8.78 Å². The van der Waals surface area contributed by atoms with Crippen molar-refractivity contribution in [1.82, 2.24) is 4.57 Å². The van der Waals surface area contributed by atoms with E-state index in [2.05, 4.69) is 113 Å². The minimum atomic E-state index is -0.312. The number of rotatable bonds is 6. The molecule has 0 saturated heterocycles. The molecule has 1 aromatic heterocycles. The monoisotopic (exact) mass is 698 g/mol. The van der Waals surface area contributed by atoms with E-state index in [1.165, 1.54) is 22.9 Å². The second-order valence-electron chi connectivity index (χ2n) is 13.5. The highest BCUT2D eigenvalue weighted by Crippen LogP contribution is 2.47. The van der Waals surface area contributed by atoms with Crippen LogP contribution in [0.4, 0.5) is 25.8 Å². The Hall–Kier alpha value is -7.04. The van der Waals surface area contributed by atoms with Gasteiger partial charge in [0.25, 0.3) is 0 Å². The van der Waals surface area contributed by atoms with Gasteiger partial charge in [0.15, 0.2) is 0 Å². The zero-order valence-corrected chi connectivity index (χ0v) is 29.1. The van der Waals surface area contributed by atoms with E-state index in [-0.39, 0.29) is 11.6 Å². The van der Waals surface area contributed by atoms with Crippen molar-refractivity contribution in [2.45, 2.75) is 0 Å². The first-order valence-corrected chi connectivity index (χ1v) is 18.1. The third kappa shape index (κ3) is 5.07. The fraction of sp³-hybridized carbons (Fsp3) is 0. The second-order valence-corrected chi connectivity index (χ2v) is 13.5. The minimum Gasteiger partial charge on any atom is -0.310 e. The molecule has 10 rings (SSSR count). The normalized spacial score (nSPS) is 11.5. The van der Waals surface area contributed by atoms with Crippen molar-refractivity contribution >= 4 is 60.4 Å². The predicted molar refractivity (Wildman–Crippen MR) is 221 cm³/mol. The predicted octanol–water partition coefficient (Wildman–Crippen LogP) is 14.2. The third-order valence-corrected chi connectivity index (χ3v) is 10.5. The van der Waals surface area contributed by atoms with Crippen molar-refractivity contribution in [2.24, 2.45) is 0 Å². The summed E-state index contributed by atoms with van der Waals surface area (Å²) in [6.45, 7) is 0. The molecule has 1 heterocycles. The largest absolute Gasteiger partial charge is 0.310 e. The molecule has 256 valence electrons. The van der Waals surface area contributed by atoms with E-state index < -0.39 is 0 Å². The summed E-state index contributed by atoms with van der Waals surface area (Å²) in [6.07, 6.45) is 0. The summed E-state index contributed by atoms with van der Waals surface area (Å²) in [5, 5.41) is 5.82. The van der Waals surface area contributed by atoms with Gasteiger partial charge < -0.3 is 9.47 Å². The number of halogens is 2. The van der Waals surface area contributed by atoms with Crippen molar-refractivity contribution in [3.05, 3.63) is 206 Å². The van der Waals surface area contributed by atoms with Gasteiger partial charge in [0.2, 0.25) is 0 Å². The molecule has 0 aliphatic rings. The van der Waals surface area contributed by atoms with E-state index in [0.717, 1.165) is 66.5 Å². The smallest absolute Gasteiger partial charge is 0.131 e. The summed E-state index contributed by atoms with van der Waals surface area (Å²) in [4.78, 5) is 2.22. The van der Waals surface area contributed by atoms with Gasteiger partial charge >= 0.3 is 0 Å². The van der Waals surface area contributed by atoms with Crippen molar-refractivity contribution in [3.63, 3.8) is 0 Å². The van der Waals surface area contributed by atoms with Gasteiger partial charge in [0.1, 0.15) is 11.6 Å². The maximum absolute atomic E-state index is 15.9. The van der Waals surface area contributed by atoms with Gasteiger partial charge in [0, 0.05) is 55.8 Å². The van der Waals surface area contributed by atoms with E-state index in [4.69, 9.17) is 0 Å².